The van der Waals surface area contributed by atoms with Crippen molar-refractivity contribution in [2.24, 2.45) is 16.2 Å². The van der Waals surface area contributed by atoms with E-state index in [4.69, 9.17) is 0 Å². The number of likely N-dealkylation sites (N-methyl/N-ethyl adjacent to an activating group) is 1. The molecule has 0 aromatic heterocycles. The Hall–Kier alpha value is -1.89. The summed E-state index contributed by atoms with van der Waals surface area (Å²) >= 11 is 0. The van der Waals surface area contributed by atoms with E-state index in [0.717, 1.165) is 25.4 Å². The van der Waals surface area contributed by atoms with Crippen molar-refractivity contribution in [2.45, 2.75) is 37.0 Å². The van der Waals surface area contributed by atoms with Crippen LogP contribution in [-0.4, -0.2) is 56.6 Å². The van der Waals surface area contributed by atoms with Crippen molar-refractivity contribution in [3.63, 3.8) is 0 Å². The summed E-state index contributed by atoms with van der Waals surface area (Å²) in [6.45, 7) is 1.81. The monoisotopic (exact) mass is 375 g/mol. The zero-order valence-electron chi connectivity index (χ0n) is 15.1. The first-order valence-corrected chi connectivity index (χ1v) is 10.8. The van der Waals surface area contributed by atoms with E-state index in [1.54, 1.807) is 36.2 Å². The van der Waals surface area contributed by atoms with Gasteiger partial charge < -0.3 is 9.80 Å². The van der Waals surface area contributed by atoms with Gasteiger partial charge in [0.15, 0.2) is 5.84 Å². The number of benzene rings is 1. The molecule has 1 amide bonds. The Bertz CT molecular complexity index is 849. The molecule has 1 aromatic rings. The summed E-state index contributed by atoms with van der Waals surface area (Å²) in [6, 6.07) is 6.78. The number of hydrogen-bond acceptors (Lipinski definition) is 4. The lowest BCUT2D eigenvalue weighted by atomic mass is 9.75. The minimum Gasteiger partial charge on any atom is -0.349 e. The molecule has 2 fully saturated rings. The first-order valence-electron chi connectivity index (χ1n) is 9.39. The molecule has 0 spiro atoms. The van der Waals surface area contributed by atoms with Gasteiger partial charge in [0.2, 0.25) is 5.91 Å². The average molecular weight is 375 g/mol. The van der Waals surface area contributed by atoms with Gasteiger partial charge in [-0.2, -0.15) is 8.42 Å². The van der Waals surface area contributed by atoms with Crippen LogP contribution in [0.1, 0.15) is 37.7 Å². The predicted octanol–water partition coefficient (Wildman–Crippen LogP) is 2.11. The normalized spacial score (nSPS) is 26.7. The quantitative estimate of drug-likeness (QED) is 0.794. The lowest BCUT2D eigenvalue weighted by Gasteiger charge is -2.41. The lowest BCUT2D eigenvalue weighted by Crippen LogP contribution is -2.48. The van der Waals surface area contributed by atoms with Gasteiger partial charge in [-0.15, -0.1) is 4.40 Å². The van der Waals surface area contributed by atoms with E-state index in [2.05, 4.69) is 4.40 Å². The van der Waals surface area contributed by atoms with E-state index >= 15 is 0 Å². The van der Waals surface area contributed by atoms with Gasteiger partial charge in [0.25, 0.3) is 10.0 Å². The molecule has 1 saturated heterocycles. The number of carbonyl (C=O) groups is 1. The number of nitrogens with zero attached hydrogens (tertiary/aromatic N) is 3. The number of hydrogen-bond donors (Lipinski definition) is 0. The summed E-state index contributed by atoms with van der Waals surface area (Å²) in [6.07, 6.45) is 6.22. The van der Waals surface area contributed by atoms with Gasteiger partial charge in [0, 0.05) is 25.7 Å². The van der Waals surface area contributed by atoms with Gasteiger partial charge >= 0.3 is 0 Å². The van der Waals surface area contributed by atoms with E-state index in [-0.39, 0.29) is 17.3 Å². The van der Waals surface area contributed by atoms with Gasteiger partial charge in [-0.3, -0.25) is 4.79 Å². The van der Waals surface area contributed by atoms with Crippen molar-refractivity contribution in [3.8, 4) is 0 Å². The second-order valence-corrected chi connectivity index (χ2v) is 9.25. The summed E-state index contributed by atoms with van der Waals surface area (Å²) in [5, 5.41) is 0. The maximum absolute atomic E-state index is 12.8. The third-order valence-corrected chi connectivity index (χ3v) is 7.32. The molecule has 3 aliphatic rings. The summed E-state index contributed by atoms with van der Waals surface area (Å²) in [7, 11) is -1.92. The summed E-state index contributed by atoms with van der Waals surface area (Å²) < 4.78 is 28.3. The number of rotatable bonds is 2. The molecule has 4 rings (SSSR count). The van der Waals surface area contributed by atoms with Gasteiger partial charge in [-0.25, -0.2) is 0 Å². The molecule has 0 unspecified atom stereocenters. The van der Waals surface area contributed by atoms with Gasteiger partial charge in [0.05, 0.1) is 6.54 Å². The lowest BCUT2D eigenvalue weighted by molar-refractivity contribution is -0.134. The molecule has 0 bridgehead atoms. The molecule has 2 aliphatic heterocycles. The third kappa shape index (κ3) is 3.13. The Morgan fingerprint density at radius 2 is 1.92 bits per heavy atom. The number of likely N-dealkylation sites (tertiary alicyclic amines) is 1. The van der Waals surface area contributed by atoms with Gasteiger partial charge in [0.1, 0.15) is 4.90 Å². The highest BCUT2D eigenvalue weighted by atomic mass is 32.2. The Labute approximate surface area is 154 Å². The zero-order chi connectivity index (χ0) is 18.3. The number of carbonyl (C=O) groups excluding carboxylic acids is 1. The number of fused-ring (bicyclic) bond motifs is 2. The molecule has 0 N–H and O–H groups in total. The fourth-order valence-electron chi connectivity index (χ4n) is 4.57. The molecule has 6 nitrogen and oxygen atoms in total. The summed E-state index contributed by atoms with van der Waals surface area (Å²) in [5.41, 5.74) is 0.578. The van der Waals surface area contributed by atoms with Crippen LogP contribution in [0.15, 0.2) is 33.6 Å². The van der Waals surface area contributed by atoms with Crippen molar-refractivity contribution in [1.82, 2.24) is 9.80 Å². The molecule has 0 radical (unpaired) electrons. The topological polar surface area (TPSA) is 70.1 Å². The standard InChI is InChI=1S/C19H25N3O3S/c1-21(19-16-8-4-5-9-17(16)26(24,25)20-19)13-18(23)22-11-10-14-6-2-3-7-15(14)12-22/h4-5,8-9,14-15H,2-3,6-7,10-13H2,1H3/t14-,15-/m0/s1. The molecular formula is C19H25N3O3S. The number of amides is 1. The fourth-order valence-corrected chi connectivity index (χ4v) is 5.82. The molecule has 1 saturated carbocycles. The summed E-state index contributed by atoms with van der Waals surface area (Å²) in [5.74, 6) is 1.83. The van der Waals surface area contributed by atoms with E-state index in [0.29, 0.717) is 17.3 Å². The van der Waals surface area contributed by atoms with Crippen LogP contribution >= 0.6 is 0 Å². The Kier molecular flexibility index (Phi) is 4.50. The second-order valence-electron chi connectivity index (χ2n) is 7.68. The molecule has 1 aliphatic carbocycles. The van der Waals surface area contributed by atoms with E-state index in [1.165, 1.54) is 25.7 Å². The minimum atomic E-state index is -3.65. The molecule has 2 atom stereocenters. The van der Waals surface area contributed by atoms with E-state index in [9.17, 15) is 13.2 Å². The smallest absolute Gasteiger partial charge is 0.285 e. The number of piperidine rings is 1. The fraction of sp³-hybridized carbons (Fsp3) is 0.579. The predicted molar refractivity (Wildman–Crippen MR) is 99.4 cm³/mol. The number of sulfonamides is 1. The summed E-state index contributed by atoms with van der Waals surface area (Å²) in [4.78, 5) is 16.6. The molecule has 2 heterocycles. The van der Waals surface area contributed by atoms with Crippen LogP contribution in [0.5, 0.6) is 0 Å². The maximum atomic E-state index is 12.8. The third-order valence-electron chi connectivity index (χ3n) is 5.99. The van der Waals surface area contributed by atoms with Crippen LogP contribution in [0.2, 0.25) is 0 Å². The molecule has 1 aromatic carbocycles. The highest BCUT2D eigenvalue weighted by Gasteiger charge is 2.35. The largest absolute Gasteiger partial charge is 0.349 e. The Morgan fingerprint density at radius 1 is 1.19 bits per heavy atom. The number of amidine groups is 1. The van der Waals surface area contributed by atoms with Gasteiger partial charge in [-0.05, 0) is 36.8 Å². The van der Waals surface area contributed by atoms with Gasteiger partial charge in [-0.1, -0.05) is 31.4 Å². The van der Waals surface area contributed by atoms with Crippen molar-refractivity contribution < 1.29 is 13.2 Å². The zero-order valence-corrected chi connectivity index (χ0v) is 15.9. The second kappa shape index (κ2) is 6.68. The van der Waals surface area contributed by atoms with Crippen LogP contribution in [0.3, 0.4) is 0 Å². The first-order chi connectivity index (χ1) is 12.5. The van der Waals surface area contributed by atoms with Crippen molar-refractivity contribution in [2.75, 3.05) is 26.7 Å². The van der Waals surface area contributed by atoms with Crippen molar-refractivity contribution in [3.05, 3.63) is 29.8 Å². The highest BCUT2D eigenvalue weighted by Crippen LogP contribution is 2.36. The maximum Gasteiger partial charge on any atom is 0.285 e. The molecular weight excluding hydrogens is 350 g/mol. The first kappa shape index (κ1) is 17.5. The van der Waals surface area contributed by atoms with Crippen LogP contribution < -0.4 is 0 Å². The Morgan fingerprint density at radius 3 is 2.73 bits per heavy atom. The van der Waals surface area contributed by atoms with Crippen LogP contribution in [0.25, 0.3) is 0 Å². The van der Waals surface area contributed by atoms with Crippen LogP contribution in [0.4, 0.5) is 0 Å². The average Bonchev–Trinajstić information content (AvgIpc) is 2.93. The van der Waals surface area contributed by atoms with Crippen LogP contribution in [0, 0.1) is 11.8 Å². The van der Waals surface area contributed by atoms with Crippen molar-refractivity contribution >= 4 is 21.8 Å². The highest BCUT2D eigenvalue weighted by molar-refractivity contribution is 7.90. The van der Waals surface area contributed by atoms with E-state index in [1.807, 2.05) is 4.90 Å². The minimum absolute atomic E-state index is 0.0565. The molecule has 26 heavy (non-hydrogen) atoms. The Balaban J connectivity index is 1.45. The van der Waals surface area contributed by atoms with Crippen molar-refractivity contribution in [1.29, 1.82) is 0 Å². The molecule has 7 heteroatoms. The van der Waals surface area contributed by atoms with E-state index < -0.39 is 10.0 Å². The molecule has 140 valence electrons. The van der Waals surface area contributed by atoms with Crippen LogP contribution in [-0.2, 0) is 14.8 Å². The SMILES string of the molecule is CN(CC(=O)N1CC[C@@H]2CCCC[C@H]2C1)C1=NS(=O)(=O)c2ccccc21.